The molecule has 0 aliphatic carbocycles. The van der Waals surface area contributed by atoms with Crippen LogP contribution in [0.4, 0.5) is 5.95 Å². The topological polar surface area (TPSA) is 98.8 Å². The Balaban J connectivity index is 2.05. The number of hydrogen-bond acceptors (Lipinski definition) is 5. The highest BCUT2D eigenvalue weighted by Crippen LogP contribution is 2.31. The van der Waals surface area contributed by atoms with Crippen molar-refractivity contribution >= 4 is 17.1 Å². The number of nitrogens with two attached hydrogens (primary N) is 1. The van der Waals surface area contributed by atoms with Gasteiger partial charge in [0.05, 0.1) is 12.4 Å². The molecule has 0 bridgehead atoms. The number of ether oxygens (including phenoxy) is 1. The van der Waals surface area contributed by atoms with Crippen LogP contribution in [0.15, 0.2) is 11.1 Å². The van der Waals surface area contributed by atoms with Crippen LogP contribution in [-0.2, 0) is 4.74 Å². The Morgan fingerprint density at radius 3 is 3.17 bits per heavy atom. The first-order valence-electron chi connectivity index (χ1n) is 6.07. The standard InChI is InChI=1S/C11H15N5O2/c1-2-6-3-4-7(18-6)16-5-13-8-9(16)14-11(12)15-10(8)17/h5-7H,2-4H2,1H3,(H3,12,14,15,17)/t6-,7-/m1/s1. The van der Waals surface area contributed by atoms with Crippen LogP contribution in [0.5, 0.6) is 0 Å². The Bertz CT molecular complexity index is 632. The van der Waals surface area contributed by atoms with E-state index in [1.165, 1.54) is 0 Å². The molecule has 1 saturated heterocycles. The number of aromatic nitrogens is 4. The highest BCUT2D eigenvalue weighted by Gasteiger charge is 2.27. The molecule has 0 radical (unpaired) electrons. The second-order valence-corrected chi connectivity index (χ2v) is 4.47. The van der Waals surface area contributed by atoms with E-state index in [0.717, 1.165) is 19.3 Å². The quantitative estimate of drug-likeness (QED) is 0.819. The summed E-state index contributed by atoms with van der Waals surface area (Å²) < 4.78 is 7.66. The van der Waals surface area contributed by atoms with E-state index >= 15 is 0 Å². The van der Waals surface area contributed by atoms with E-state index in [2.05, 4.69) is 21.9 Å². The maximum absolute atomic E-state index is 11.7. The molecule has 2 atom stereocenters. The van der Waals surface area contributed by atoms with Crippen molar-refractivity contribution in [3.8, 4) is 0 Å². The second kappa shape index (κ2) is 4.09. The van der Waals surface area contributed by atoms with Gasteiger partial charge in [-0.05, 0) is 19.3 Å². The number of nitrogen functional groups attached to an aromatic ring is 1. The molecular formula is C11H15N5O2. The van der Waals surface area contributed by atoms with Crippen molar-refractivity contribution in [3.05, 3.63) is 16.7 Å². The van der Waals surface area contributed by atoms with E-state index in [4.69, 9.17) is 10.5 Å². The lowest BCUT2D eigenvalue weighted by Crippen LogP contribution is -2.14. The smallest absolute Gasteiger partial charge is 0.280 e. The van der Waals surface area contributed by atoms with Crippen molar-refractivity contribution in [1.29, 1.82) is 0 Å². The lowest BCUT2D eigenvalue weighted by Gasteiger charge is -2.14. The Kier molecular flexibility index (Phi) is 2.55. The lowest BCUT2D eigenvalue weighted by molar-refractivity contribution is 0.00290. The Morgan fingerprint density at radius 2 is 2.44 bits per heavy atom. The molecule has 3 rings (SSSR count). The minimum absolute atomic E-state index is 0.0966. The zero-order chi connectivity index (χ0) is 12.7. The van der Waals surface area contributed by atoms with E-state index < -0.39 is 0 Å². The van der Waals surface area contributed by atoms with E-state index in [1.54, 1.807) is 10.9 Å². The molecule has 1 aliphatic heterocycles. The largest absolute Gasteiger partial charge is 0.369 e. The van der Waals surface area contributed by atoms with Gasteiger partial charge in [-0.2, -0.15) is 4.98 Å². The average molecular weight is 249 g/mol. The molecule has 3 N–H and O–H groups in total. The van der Waals surface area contributed by atoms with Crippen molar-refractivity contribution in [3.63, 3.8) is 0 Å². The van der Waals surface area contributed by atoms with E-state index in [9.17, 15) is 4.79 Å². The molecule has 1 aliphatic rings. The summed E-state index contributed by atoms with van der Waals surface area (Å²) in [6.45, 7) is 2.10. The first-order chi connectivity index (χ1) is 8.69. The van der Waals surface area contributed by atoms with Crippen LogP contribution < -0.4 is 11.3 Å². The highest BCUT2D eigenvalue weighted by atomic mass is 16.5. The number of nitrogens with one attached hydrogen (secondary N) is 1. The number of anilines is 1. The highest BCUT2D eigenvalue weighted by molar-refractivity contribution is 5.70. The number of H-pyrrole nitrogens is 1. The fourth-order valence-electron chi connectivity index (χ4n) is 2.35. The maximum atomic E-state index is 11.7. The van der Waals surface area contributed by atoms with Gasteiger partial charge in [0.15, 0.2) is 11.2 Å². The van der Waals surface area contributed by atoms with Crippen LogP contribution in [0.2, 0.25) is 0 Å². The third-order valence-corrected chi connectivity index (χ3v) is 3.30. The van der Waals surface area contributed by atoms with Crippen LogP contribution in [0.25, 0.3) is 11.2 Å². The van der Waals surface area contributed by atoms with Gasteiger partial charge in [0.1, 0.15) is 6.23 Å². The molecule has 0 saturated carbocycles. The molecular weight excluding hydrogens is 234 g/mol. The molecule has 0 amide bonds. The Labute approximate surface area is 103 Å². The van der Waals surface area contributed by atoms with Crippen LogP contribution >= 0.6 is 0 Å². The van der Waals surface area contributed by atoms with Gasteiger partial charge < -0.3 is 10.5 Å². The molecule has 7 heteroatoms. The molecule has 0 unspecified atom stereocenters. The lowest BCUT2D eigenvalue weighted by atomic mass is 10.2. The van der Waals surface area contributed by atoms with Gasteiger partial charge in [-0.15, -0.1) is 0 Å². The summed E-state index contributed by atoms with van der Waals surface area (Å²) in [5.41, 5.74) is 6.02. The van der Waals surface area contributed by atoms with Crippen molar-refractivity contribution in [2.45, 2.75) is 38.5 Å². The molecule has 1 fully saturated rings. The molecule has 7 nitrogen and oxygen atoms in total. The fourth-order valence-corrected chi connectivity index (χ4v) is 2.35. The van der Waals surface area contributed by atoms with E-state index in [0.29, 0.717) is 11.2 Å². The van der Waals surface area contributed by atoms with Crippen molar-refractivity contribution in [2.75, 3.05) is 5.73 Å². The van der Waals surface area contributed by atoms with E-state index in [1.807, 2.05) is 0 Å². The number of rotatable bonds is 2. The number of hydrogen-bond donors (Lipinski definition) is 2. The van der Waals surface area contributed by atoms with Crippen LogP contribution in [0, 0.1) is 0 Å². The Hall–Kier alpha value is -1.89. The minimum Gasteiger partial charge on any atom is -0.369 e. The monoisotopic (exact) mass is 249 g/mol. The zero-order valence-corrected chi connectivity index (χ0v) is 10.1. The number of fused-ring (bicyclic) bond motifs is 1. The fraction of sp³-hybridized carbons (Fsp3) is 0.545. The van der Waals surface area contributed by atoms with Crippen molar-refractivity contribution in [1.82, 2.24) is 19.5 Å². The summed E-state index contributed by atoms with van der Waals surface area (Å²) >= 11 is 0. The molecule has 2 aromatic rings. The van der Waals surface area contributed by atoms with Crippen molar-refractivity contribution in [2.24, 2.45) is 0 Å². The van der Waals surface area contributed by atoms with Gasteiger partial charge in [0.25, 0.3) is 5.56 Å². The van der Waals surface area contributed by atoms with Crippen LogP contribution in [-0.4, -0.2) is 25.6 Å². The summed E-state index contributed by atoms with van der Waals surface area (Å²) in [4.78, 5) is 22.3. The van der Waals surface area contributed by atoms with Gasteiger partial charge >= 0.3 is 0 Å². The molecule has 18 heavy (non-hydrogen) atoms. The van der Waals surface area contributed by atoms with Gasteiger partial charge in [-0.3, -0.25) is 14.3 Å². The van der Waals surface area contributed by atoms with Crippen LogP contribution in [0.1, 0.15) is 32.4 Å². The summed E-state index contributed by atoms with van der Waals surface area (Å²) in [7, 11) is 0. The SMILES string of the molecule is CC[C@@H]1CC[C@H](n2cnc3c(=O)[nH]c(N)nc32)O1. The van der Waals surface area contributed by atoms with Gasteiger partial charge in [-0.25, -0.2) is 4.98 Å². The van der Waals surface area contributed by atoms with E-state index in [-0.39, 0.29) is 23.8 Å². The second-order valence-electron chi connectivity index (χ2n) is 4.47. The van der Waals surface area contributed by atoms with Gasteiger partial charge in [-0.1, -0.05) is 6.92 Å². The molecule has 96 valence electrons. The number of aromatic amines is 1. The number of imidazole rings is 1. The zero-order valence-electron chi connectivity index (χ0n) is 10.1. The predicted octanol–water partition coefficient (Wildman–Crippen LogP) is 0.789. The molecule has 0 spiro atoms. The summed E-state index contributed by atoms with van der Waals surface area (Å²) in [6.07, 6.45) is 4.66. The first kappa shape index (κ1) is 11.2. The third kappa shape index (κ3) is 1.67. The Morgan fingerprint density at radius 1 is 1.61 bits per heavy atom. The van der Waals surface area contributed by atoms with Crippen molar-refractivity contribution < 1.29 is 4.74 Å². The van der Waals surface area contributed by atoms with Crippen LogP contribution in [0.3, 0.4) is 0 Å². The van der Waals surface area contributed by atoms with Gasteiger partial charge in [0.2, 0.25) is 5.95 Å². The number of nitrogens with zero attached hydrogens (tertiary/aromatic N) is 3. The molecule has 0 aromatic carbocycles. The predicted molar refractivity (Wildman–Crippen MR) is 66.0 cm³/mol. The summed E-state index contributed by atoms with van der Waals surface area (Å²) in [5.74, 6) is 0.0966. The normalized spacial score (nSPS) is 23.8. The first-order valence-corrected chi connectivity index (χ1v) is 6.07. The summed E-state index contributed by atoms with van der Waals surface area (Å²) in [6, 6.07) is 0. The molecule has 3 heterocycles. The third-order valence-electron chi connectivity index (χ3n) is 3.30. The van der Waals surface area contributed by atoms with Gasteiger partial charge in [0, 0.05) is 0 Å². The molecule has 2 aromatic heterocycles. The maximum Gasteiger partial charge on any atom is 0.280 e. The summed E-state index contributed by atoms with van der Waals surface area (Å²) in [5, 5.41) is 0. The average Bonchev–Trinajstić information content (AvgIpc) is 2.93. The minimum atomic E-state index is -0.318.